The Balaban J connectivity index is 0.000000167. The number of rotatable bonds is 6. The van der Waals surface area contributed by atoms with E-state index in [1.807, 2.05) is 39.5 Å². The molecule has 23 heteroatoms. The molecule has 0 atom stereocenters. The van der Waals surface area contributed by atoms with Crippen molar-refractivity contribution in [2.24, 2.45) is 14.1 Å². The van der Waals surface area contributed by atoms with Crippen LogP contribution in [-0.4, -0.2) is 60.9 Å². The fourth-order valence-corrected chi connectivity index (χ4v) is 6.57. The van der Waals surface area contributed by atoms with Gasteiger partial charge in [-0.15, -0.1) is 0 Å². The summed E-state index contributed by atoms with van der Waals surface area (Å²) < 4.78 is 19.1. The van der Waals surface area contributed by atoms with Crippen LogP contribution in [0.1, 0.15) is 16.8 Å². The third-order valence-electron chi connectivity index (χ3n) is 7.55. The highest BCUT2D eigenvalue weighted by molar-refractivity contribution is 14.1. The standard InChI is InChI=1S/C14H13Cl2N5O.C13H10Cl2IN5O.C3H9B3O3/c1-7-11-12(21(2)20-7)13(22)19-14(18-11)17-6-8-3-4-9(15)10(16)5-8;1-21-10-9(11(16)20-21)18-13(19-12(10)22)17-5-6-2-3-7(14)8(15)4-6;1-4-7-5(2)9-6(3)8-4/h3-5H,6H2,1-2H3,(H2,17,18,19,22);2-4H,5H2,1H3,(H2,17,18,19,22);1-3H3. The van der Waals surface area contributed by atoms with Gasteiger partial charge in [0.1, 0.15) is 14.7 Å². The minimum atomic E-state index is -0.237. The molecule has 2 aromatic carbocycles. The zero-order valence-corrected chi connectivity index (χ0v) is 34.4. The second-order valence-corrected chi connectivity index (χ2v) is 14.3. The first kappa shape index (κ1) is 40.9. The molecule has 0 saturated carbocycles. The topological polar surface area (TPSA) is 179 Å². The lowest BCUT2D eigenvalue weighted by atomic mass is 9.74. The molecule has 0 aliphatic carbocycles. The number of aromatic nitrogens is 8. The van der Waals surface area contributed by atoms with Crippen molar-refractivity contribution in [1.29, 1.82) is 0 Å². The number of fused-ring (bicyclic) bond motifs is 2. The smallest absolute Gasteiger partial charge is 0.426 e. The predicted molar refractivity (Wildman–Crippen MR) is 221 cm³/mol. The molecule has 0 amide bonds. The van der Waals surface area contributed by atoms with E-state index < -0.39 is 0 Å². The van der Waals surface area contributed by atoms with E-state index in [1.165, 1.54) is 9.36 Å². The molecule has 6 aromatic rings. The van der Waals surface area contributed by atoms with Crippen molar-refractivity contribution in [3.05, 3.63) is 97.7 Å². The van der Waals surface area contributed by atoms with Crippen LogP contribution in [0, 0.1) is 10.6 Å². The molecule has 7 rings (SSSR count). The van der Waals surface area contributed by atoms with Crippen molar-refractivity contribution in [3.8, 4) is 0 Å². The molecule has 1 fully saturated rings. The highest BCUT2D eigenvalue weighted by atomic mass is 127. The van der Waals surface area contributed by atoms with Gasteiger partial charge in [-0.1, -0.05) is 58.5 Å². The van der Waals surface area contributed by atoms with Gasteiger partial charge >= 0.3 is 21.4 Å². The fourth-order valence-electron chi connectivity index (χ4n) is 5.23. The number of H-pyrrole nitrogens is 2. The highest BCUT2D eigenvalue weighted by Crippen LogP contribution is 2.24. The van der Waals surface area contributed by atoms with Gasteiger partial charge in [-0.3, -0.25) is 28.9 Å². The number of anilines is 2. The number of nitrogens with zero attached hydrogens (tertiary/aromatic N) is 6. The maximum Gasteiger partial charge on any atom is 0.426 e. The number of halogens is 5. The fraction of sp³-hybridized carbons (Fsp3) is 0.267. The van der Waals surface area contributed by atoms with E-state index in [1.54, 1.807) is 38.4 Å². The average molecular weight is 914 g/mol. The first-order valence-corrected chi connectivity index (χ1v) is 18.6. The Morgan fingerprint density at radius 3 is 1.57 bits per heavy atom. The summed E-state index contributed by atoms with van der Waals surface area (Å²) in [5.41, 5.74) is 4.16. The van der Waals surface area contributed by atoms with E-state index in [-0.39, 0.29) is 32.5 Å². The number of aryl methyl sites for hydroxylation is 3. The Kier molecular flexibility index (Phi) is 13.8. The van der Waals surface area contributed by atoms with Crippen LogP contribution in [0.5, 0.6) is 0 Å². The molecule has 4 aromatic heterocycles. The van der Waals surface area contributed by atoms with Crippen LogP contribution in [-0.2, 0) is 40.9 Å². The molecule has 1 saturated heterocycles. The molecule has 4 N–H and O–H groups in total. The van der Waals surface area contributed by atoms with Crippen LogP contribution in [0.2, 0.25) is 40.6 Å². The Labute approximate surface area is 338 Å². The molecule has 1 aliphatic rings. The van der Waals surface area contributed by atoms with E-state index in [2.05, 4.69) is 63.4 Å². The number of nitrogens with one attached hydrogen (secondary N) is 4. The van der Waals surface area contributed by atoms with Gasteiger partial charge in [0.05, 0.1) is 25.8 Å². The van der Waals surface area contributed by atoms with Crippen LogP contribution in [0.25, 0.3) is 22.1 Å². The lowest BCUT2D eigenvalue weighted by molar-refractivity contribution is 0.294. The van der Waals surface area contributed by atoms with Crippen molar-refractivity contribution in [3.63, 3.8) is 0 Å². The van der Waals surface area contributed by atoms with Gasteiger partial charge in [-0.2, -0.15) is 10.2 Å². The molecule has 276 valence electrons. The van der Waals surface area contributed by atoms with Crippen LogP contribution in [0.15, 0.2) is 46.0 Å². The zero-order valence-electron chi connectivity index (χ0n) is 29.2. The second-order valence-electron chi connectivity index (χ2n) is 11.7. The van der Waals surface area contributed by atoms with Crippen LogP contribution in [0.4, 0.5) is 11.9 Å². The summed E-state index contributed by atoms with van der Waals surface area (Å²) >= 11 is 25.8. The summed E-state index contributed by atoms with van der Waals surface area (Å²) in [5, 5.41) is 16.5. The molecule has 5 heterocycles. The first-order chi connectivity index (χ1) is 25.1. The minimum absolute atomic E-state index is 0.135. The van der Waals surface area contributed by atoms with Gasteiger partial charge in [0.25, 0.3) is 11.1 Å². The molecule has 0 radical (unpaired) electrons. The van der Waals surface area contributed by atoms with Gasteiger partial charge in [-0.05, 0) is 85.4 Å². The lowest BCUT2D eigenvalue weighted by Crippen LogP contribution is -2.44. The average Bonchev–Trinajstić information content (AvgIpc) is 3.54. The van der Waals surface area contributed by atoms with Crippen molar-refractivity contribution in [2.45, 2.75) is 40.5 Å². The normalized spacial score (nSPS) is 12.8. The Hall–Kier alpha value is -3.30. The zero-order chi connectivity index (χ0) is 38.6. The molecule has 53 heavy (non-hydrogen) atoms. The van der Waals surface area contributed by atoms with Crippen LogP contribution >= 0.6 is 69.0 Å². The largest absolute Gasteiger partial charge is 0.453 e. The molecule has 0 unspecified atom stereocenters. The summed E-state index contributed by atoms with van der Waals surface area (Å²) in [4.78, 5) is 38.4. The minimum Gasteiger partial charge on any atom is -0.453 e. The molecule has 0 bridgehead atoms. The maximum absolute atomic E-state index is 12.1. The van der Waals surface area contributed by atoms with Crippen molar-refractivity contribution >= 4 is 124 Å². The summed E-state index contributed by atoms with van der Waals surface area (Å²) in [6.07, 6.45) is 0. The monoisotopic (exact) mass is 912 g/mol. The molecule has 1 aliphatic heterocycles. The number of benzene rings is 2. The van der Waals surface area contributed by atoms with Crippen LogP contribution < -0.4 is 21.8 Å². The quantitative estimate of drug-likeness (QED) is 0.106. The third kappa shape index (κ3) is 10.5. The van der Waals surface area contributed by atoms with E-state index in [4.69, 9.17) is 60.1 Å². The first-order valence-electron chi connectivity index (χ1n) is 16.0. The highest BCUT2D eigenvalue weighted by Gasteiger charge is 2.31. The van der Waals surface area contributed by atoms with Gasteiger partial charge in [0.2, 0.25) is 11.9 Å². The van der Waals surface area contributed by atoms with Gasteiger partial charge < -0.3 is 24.3 Å². The number of hydrogen-bond acceptors (Lipinski definition) is 11. The van der Waals surface area contributed by atoms with E-state index in [0.717, 1.165) is 11.1 Å². The van der Waals surface area contributed by atoms with Gasteiger partial charge in [0.15, 0.2) is 11.0 Å². The summed E-state index contributed by atoms with van der Waals surface area (Å²) in [7, 11) is 3.02. The van der Waals surface area contributed by atoms with Gasteiger partial charge in [0, 0.05) is 27.2 Å². The Morgan fingerprint density at radius 1 is 0.698 bits per heavy atom. The number of hydrogen-bond donors (Lipinski definition) is 4. The summed E-state index contributed by atoms with van der Waals surface area (Å²) in [6.45, 7) is 8.31. The molecule has 15 nitrogen and oxygen atoms in total. The predicted octanol–water partition coefficient (Wildman–Crippen LogP) is 6.47. The van der Waals surface area contributed by atoms with E-state index in [9.17, 15) is 9.59 Å². The van der Waals surface area contributed by atoms with E-state index in [0.29, 0.717) is 76.5 Å². The lowest BCUT2D eigenvalue weighted by Gasteiger charge is -2.25. The van der Waals surface area contributed by atoms with E-state index >= 15 is 0 Å². The van der Waals surface area contributed by atoms with Crippen LogP contribution in [0.3, 0.4) is 0 Å². The Morgan fingerprint density at radius 2 is 1.11 bits per heavy atom. The molecular weight excluding hydrogens is 882 g/mol. The maximum atomic E-state index is 12.1. The molecule has 0 spiro atoms. The second kappa shape index (κ2) is 17.9. The molecular formula is C30H32B3Cl4IN10O5. The van der Waals surface area contributed by atoms with Crippen molar-refractivity contribution in [1.82, 2.24) is 39.5 Å². The summed E-state index contributed by atoms with van der Waals surface area (Å²) in [6, 6.07) is 10.7. The van der Waals surface area contributed by atoms with Gasteiger partial charge in [-0.25, -0.2) is 9.97 Å². The SMILES string of the molecule is CB1OB(C)OB(C)O1.Cc1nn(C)c2c(=O)[nH]c(NCc3ccc(Cl)c(Cl)c3)nc12.Cn1nc(I)c2nc(NCc3ccc(Cl)c(Cl)c3)[nH]c(=O)c21. The van der Waals surface area contributed by atoms with Crippen molar-refractivity contribution in [2.75, 3.05) is 10.6 Å². The van der Waals surface area contributed by atoms with Crippen molar-refractivity contribution < 1.29 is 13.7 Å². The number of aromatic amines is 2. The third-order valence-corrected chi connectivity index (χ3v) is 9.76. The summed E-state index contributed by atoms with van der Waals surface area (Å²) in [5.74, 6) is 0.772. The Bertz CT molecular complexity index is 2200.